The van der Waals surface area contributed by atoms with Crippen molar-refractivity contribution in [3.05, 3.63) is 65.5 Å². The third kappa shape index (κ3) is 3.56. The van der Waals surface area contributed by atoms with Crippen LogP contribution < -0.4 is 15.6 Å². The van der Waals surface area contributed by atoms with Crippen LogP contribution in [0.4, 0.5) is 0 Å². The van der Waals surface area contributed by atoms with E-state index in [1.165, 1.54) is 11.1 Å². The van der Waals surface area contributed by atoms with E-state index in [4.69, 9.17) is 5.73 Å². The molecule has 0 saturated heterocycles. The van der Waals surface area contributed by atoms with E-state index < -0.39 is 5.91 Å². The third-order valence-electron chi connectivity index (χ3n) is 4.17. The van der Waals surface area contributed by atoms with Crippen molar-refractivity contribution in [1.29, 1.82) is 0 Å². The lowest BCUT2D eigenvalue weighted by atomic mass is 9.88. The van der Waals surface area contributed by atoms with Crippen molar-refractivity contribution < 1.29 is 14.2 Å². The van der Waals surface area contributed by atoms with E-state index >= 15 is 0 Å². The second-order valence-electron chi connectivity index (χ2n) is 5.84. The number of amides is 2. The van der Waals surface area contributed by atoms with Gasteiger partial charge in [0.25, 0.3) is 11.8 Å². The predicted octanol–water partition coefficient (Wildman–Crippen LogP) is 1.27. The Morgan fingerprint density at radius 1 is 1.22 bits per heavy atom. The van der Waals surface area contributed by atoms with Gasteiger partial charge in [-0.25, -0.2) is 0 Å². The average molecular weight is 310 g/mol. The van der Waals surface area contributed by atoms with Crippen LogP contribution in [0.15, 0.2) is 48.8 Å². The molecular formula is C18H20N3O2+. The molecule has 0 radical (unpaired) electrons. The fourth-order valence-electron chi connectivity index (χ4n) is 3.08. The number of benzene rings is 1. The number of fused-ring (bicyclic) bond motifs is 1. The Kier molecular flexibility index (Phi) is 4.37. The Hall–Kier alpha value is -2.69. The van der Waals surface area contributed by atoms with Crippen LogP contribution in [0.2, 0.25) is 0 Å². The SMILES string of the molecule is NC(=O)c1ccc[n+](CC(=O)N[C@@H]2CCCc3ccccc32)c1. The van der Waals surface area contributed by atoms with Crippen LogP contribution in [0.25, 0.3) is 0 Å². The minimum Gasteiger partial charge on any atom is -0.365 e. The van der Waals surface area contributed by atoms with Crippen molar-refractivity contribution in [2.45, 2.75) is 31.8 Å². The van der Waals surface area contributed by atoms with Crippen molar-refractivity contribution >= 4 is 11.8 Å². The summed E-state index contributed by atoms with van der Waals surface area (Å²) in [4.78, 5) is 23.5. The highest BCUT2D eigenvalue weighted by Gasteiger charge is 2.22. The number of carbonyl (C=O) groups is 2. The molecule has 1 atom stereocenters. The highest BCUT2D eigenvalue weighted by Crippen LogP contribution is 2.29. The number of nitrogens with two attached hydrogens (primary N) is 1. The molecular weight excluding hydrogens is 290 g/mol. The van der Waals surface area contributed by atoms with Gasteiger partial charge in [0.05, 0.1) is 6.04 Å². The zero-order valence-corrected chi connectivity index (χ0v) is 12.9. The molecule has 1 aromatic carbocycles. The molecule has 3 N–H and O–H groups in total. The van der Waals surface area contributed by atoms with Gasteiger partial charge in [-0.05, 0) is 36.5 Å². The normalized spacial score (nSPS) is 16.4. The van der Waals surface area contributed by atoms with E-state index in [2.05, 4.69) is 17.4 Å². The average Bonchev–Trinajstić information content (AvgIpc) is 2.55. The van der Waals surface area contributed by atoms with Gasteiger partial charge in [0.2, 0.25) is 6.54 Å². The summed E-state index contributed by atoms with van der Waals surface area (Å²) in [5, 5.41) is 3.10. The molecule has 5 nitrogen and oxygen atoms in total. The maximum Gasteiger partial charge on any atom is 0.286 e. The summed E-state index contributed by atoms with van der Waals surface area (Å²) >= 11 is 0. The van der Waals surface area contributed by atoms with Gasteiger partial charge in [-0.15, -0.1) is 0 Å². The van der Waals surface area contributed by atoms with E-state index in [1.807, 2.05) is 12.1 Å². The van der Waals surface area contributed by atoms with Crippen molar-refractivity contribution in [2.75, 3.05) is 0 Å². The predicted molar refractivity (Wildman–Crippen MR) is 85.4 cm³/mol. The van der Waals surface area contributed by atoms with Gasteiger partial charge in [-0.3, -0.25) is 9.59 Å². The molecule has 2 aromatic rings. The maximum absolute atomic E-state index is 12.3. The number of nitrogens with one attached hydrogen (secondary N) is 1. The van der Waals surface area contributed by atoms with Crippen LogP contribution in [0.5, 0.6) is 0 Å². The van der Waals surface area contributed by atoms with Gasteiger partial charge in [0.1, 0.15) is 5.56 Å². The second kappa shape index (κ2) is 6.60. The quantitative estimate of drug-likeness (QED) is 0.834. The Morgan fingerprint density at radius 3 is 2.87 bits per heavy atom. The molecule has 0 spiro atoms. The molecule has 1 heterocycles. The number of aromatic nitrogens is 1. The Morgan fingerprint density at radius 2 is 2.04 bits per heavy atom. The van der Waals surface area contributed by atoms with Crippen LogP contribution in [0.3, 0.4) is 0 Å². The topological polar surface area (TPSA) is 76.1 Å². The van der Waals surface area contributed by atoms with Crippen LogP contribution in [0, 0.1) is 0 Å². The van der Waals surface area contributed by atoms with Gasteiger partial charge >= 0.3 is 0 Å². The van der Waals surface area contributed by atoms with E-state index in [9.17, 15) is 9.59 Å². The molecule has 1 aliphatic carbocycles. The third-order valence-corrected chi connectivity index (χ3v) is 4.17. The molecule has 23 heavy (non-hydrogen) atoms. The van der Waals surface area contributed by atoms with Crippen LogP contribution in [-0.2, 0) is 17.8 Å². The number of hydrogen-bond donors (Lipinski definition) is 2. The van der Waals surface area contributed by atoms with E-state index in [-0.39, 0.29) is 18.5 Å². The summed E-state index contributed by atoms with van der Waals surface area (Å²) in [5.74, 6) is -0.570. The highest BCUT2D eigenvalue weighted by atomic mass is 16.2. The summed E-state index contributed by atoms with van der Waals surface area (Å²) in [6, 6.07) is 11.7. The van der Waals surface area contributed by atoms with Gasteiger partial charge < -0.3 is 11.1 Å². The lowest BCUT2D eigenvalue weighted by Crippen LogP contribution is -2.44. The minimum atomic E-state index is -0.499. The number of rotatable bonds is 4. The van der Waals surface area contributed by atoms with Gasteiger partial charge in [0, 0.05) is 6.07 Å². The molecule has 0 fully saturated rings. The Bertz CT molecular complexity index is 743. The zero-order valence-electron chi connectivity index (χ0n) is 12.9. The van der Waals surface area contributed by atoms with Crippen molar-refractivity contribution in [1.82, 2.24) is 5.32 Å². The number of nitrogens with zero attached hydrogens (tertiary/aromatic N) is 1. The maximum atomic E-state index is 12.3. The van der Waals surface area contributed by atoms with Crippen molar-refractivity contribution in [3.63, 3.8) is 0 Å². The first-order chi connectivity index (χ1) is 11.1. The van der Waals surface area contributed by atoms with Crippen LogP contribution in [-0.4, -0.2) is 11.8 Å². The van der Waals surface area contributed by atoms with E-state index in [0.29, 0.717) is 5.56 Å². The molecule has 3 rings (SSSR count). The number of aryl methyl sites for hydroxylation is 1. The minimum absolute atomic E-state index is 0.0624. The summed E-state index contributed by atoms with van der Waals surface area (Å²) in [6.07, 6.45) is 6.44. The Labute approximate surface area is 135 Å². The van der Waals surface area contributed by atoms with Gasteiger partial charge in [-0.2, -0.15) is 4.57 Å². The van der Waals surface area contributed by atoms with Gasteiger partial charge in [0.15, 0.2) is 12.4 Å². The summed E-state index contributed by atoms with van der Waals surface area (Å²) in [5.41, 5.74) is 8.18. The van der Waals surface area contributed by atoms with E-state index in [1.54, 1.807) is 29.1 Å². The second-order valence-corrected chi connectivity index (χ2v) is 5.84. The molecule has 5 heteroatoms. The first kappa shape index (κ1) is 15.2. The lowest BCUT2D eigenvalue weighted by molar-refractivity contribution is -0.684. The summed E-state index contributed by atoms with van der Waals surface area (Å²) < 4.78 is 1.67. The van der Waals surface area contributed by atoms with Crippen molar-refractivity contribution in [3.8, 4) is 0 Å². The molecule has 1 aliphatic rings. The van der Waals surface area contributed by atoms with E-state index in [0.717, 1.165) is 19.3 Å². The summed E-state index contributed by atoms with van der Waals surface area (Å²) in [7, 11) is 0. The fraction of sp³-hybridized carbons (Fsp3) is 0.278. The smallest absolute Gasteiger partial charge is 0.286 e. The largest absolute Gasteiger partial charge is 0.365 e. The lowest BCUT2D eigenvalue weighted by Gasteiger charge is -2.25. The zero-order chi connectivity index (χ0) is 16.2. The number of hydrogen-bond acceptors (Lipinski definition) is 2. The fourth-order valence-corrected chi connectivity index (χ4v) is 3.08. The van der Waals surface area contributed by atoms with Crippen LogP contribution >= 0.6 is 0 Å². The standard InChI is InChI=1S/C18H19N3O2/c19-18(23)14-7-4-10-21(11-14)12-17(22)20-16-9-3-6-13-5-1-2-8-15(13)16/h1-2,4-5,7-8,10-11,16H,3,6,9,12H2,(H2-,19,20,22,23)/p+1/t16-/m1/s1. The molecule has 118 valence electrons. The molecule has 0 bridgehead atoms. The highest BCUT2D eigenvalue weighted by molar-refractivity contribution is 5.92. The molecule has 0 saturated carbocycles. The molecule has 2 amide bonds. The molecule has 0 aliphatic heterocycles. The number of primary amides is 1. The molecule has 0 unspecified atom stereocenters. The summed E-state index contributed by atoms with van der Waals surface area (Å²) in [6.45, 7) is 0.166. The Balaban J connectivity index is 1.69. The molecule has 1 aromatic heterocycles. The van der Waals surface area contributed by atoms with Crippen LogP contribution in [0.1, 0.15) is 40.4 Å². The number of carbonyl (C=O) groups excluding carboxylic acids is 2. The van der Waals surface area contributed by atoms with Crippen molar-refractivity contribution in [2.24, 2.45) is 5.73 Å². The monoisotopic (exact) mass is 310 g/mol. The number of pyridine rings is 1. The van der Waals surface area contributed by atoms with Gasteiger partial charge in [-0.1, -0.05) is 24.3 Å². The first-order valence-electron chi connectivity index (χ1n) is 7.79. The first-order valence-corrected chi connectivity index (χ1v) is 7.79.